The van der Waals surface area contributed by atoms with E-state index in [2.05, 4.69) is 9.97 Å². The summed E-state index contributed by atoms with van der Waals surface area (Å²) in [6, 6.07) is 9.11. The molecule has 0 unspecified atom stereocenters. The molecule has 0 spiro atoms. The van der Waals surface area contributed by atoms with Gasteiger partial charge in [0.05, 0.1) is 23.6 Å². The third-order valence-corrected chi connectivity index (χ3v) is 3.29. The van der Waals surface area contributed by atoms with Crippen LogP contribution in [0.2, 0.25) is 0 Å². The first-order valence-corrected chi connectivity index (χ1v) is 6.37. The van der Waals surface area contributed by atoms with Gasteiger partial charge < -0.3 is 9.82 Å². The number of imidazole rings is 1. The quantitative estimate of drug-likeness (QED) is 0.916. The van der Waals surface area contributed by atoms with Gasteiger partial charge >= 0.3 is 5.97 Å². The summed E-state index contributed by atoms with van der Waals surface area (Å²) < 4.78 is 0. The number of carbonyl (C=O) groups is 1. The zero-order chi connectivity index (χ0) is 13.1. The SMILES string of the molecule is O=C(ON1CCC[C@H]1c1cnc[nH]1)c1ccccc1. The third kappa shape index (κ3) is 2.51. The molecule has 19 heavy (non-hydrogen) atoms. The standard InChI is InChI=1S/C14H15N3O2/c18-14(11-5-2-1-3-6-11)19-17-8-4-7-13(17)12-9-15-10-16-12/h1-3,5-6,9-10,13H,4,7-8H2,(H,15,16)/t13-/m0/s1. The molecular formula is C14H15N3O2. The Morgan fingerprint density at radius 3 is 2.95 bits per heavy atom. The first kappa shape index (κ1) is 11.9. The molecule has 1 atom stereocenters. The fraction of sp³-hybridized carbons (Fsp3) is 0.286. The number of hydroxylamine groups is 2. The van der Waals surface area contributed by atoms with Crippen molar-refractivity contribution in [3.05, 3.63) is 54.1 Å². The number of nitrogens with zero attached hydrogens (tertiary/aromatic N) is 2. The normalized spacial score (nSPS) is 19.5. The maximum absolute atomic E-state index is 12.0. The van der Waals surface area contributed by atoms with Crippen molar-refractivity contribution in [3.63, 3.8) is 0 Å². The fourth-order valence-electron chi connectivity index (χ4n) is 2.34. The molecule has 0 aliphatic carbocycles. The van der Waals surface area contributed by atoms with Gasteiger partial charge in [0.1, 0.15) is 0 Å². The van der Waals surface area contributed by atoms with Crippen molar-refractivity contribution in [2.24, 2.45) is 0 Å². The van der Waals surface area contributed by atoms with Gasteiger partial charge in [-0.05, 0) is 25.0 Å². The van der Waals surface area contributed by atoms with E-state index in [1.807, 2.05) is 18.2 Å². The molecule has 2 heterocycles. The van der Waals surface area contributed by atoms with Crippen LogP contribution in [0.15, 0.2) is 42.9 Å². The smallest absolute Gasteiger partial charge is 0.357 e. The lowest BCUT2D eigenvalue weighted by Crippen LogP contribution is -2.27. The average molecular weight is 257 g/mol. The van der Waals surface area contributed by atoms with Crippen LogP contribution in [-0.4, -0.2) is 27.5 Å². The van der Waals surface area contributed by atoms with Gasteiger partial charge in [-0.25, -0.2) is 9.78 Å². The number of aromatic nitrogens is 2. The molecule has 2 aromatic rings. The topological polar surface area (TPSA) is 58.2 Å². The zero-order valence-corrected chi connectivity index (χ0v) is 10.5. The van der Waals surface area contributed by atoms with Gasteiger partial charge in [-0.15, -0.1) is 5.06 Å². The second-order valence-corrected chi connectivity index (χ2v) is 4.55. The highest BCUT2D eigenvalue weighted by atomic mass is 16.7. The number of aromatic amines is 1. The van der Waals surface area contributed by atoms with E-state index in [0.29, 0.717) is 5.56 Å². The molecule has 0 radical (unpaired) electrons. The Kier molecular flexibility index (Phi) is 3.29. The van der Waals surface area contributed by atoms with Gasteiger partial charge in [0.15, 0.2) is 0 Å². The minimum Gasteiger partial charge on any atom is -0.363 e. The van der Waals surface area contributed by atoms with E-state index in [4.69, 9.17) is 4.84 Å². The molecule has 1 aliphatic rings. The molecule has 5 nitrogen and oxygen atoms in total. The van der Waals surface area contributed by atoms with Crippen LogP contribution in [0, 0.1) is 0 Å². The Morgan fingerprint density at radius 1 is 1.37 bits per heavy atom. The Labute approximate surface area is 111 Å². The first-order chi connectivity index (χ1) is 9.34. The predicted octanol–water partition coefficient (Wildman–Crippen LogP) is 2.32. The lowest BCUT2D eigenvalue weighted by atomic mass is 10.2. The maximum atomic E-state index is 12.0. The largest absolute Gasteiger partial charge is 0.363 e. The van der Waals surface area contributed by atoms with Gasteiger partial charge in [0, 0.05) is 12.7 Å². The molecule has 0 bridgehead atoms. The maximum Gasteiger partial charge on any atom is 0.357 e. The van der Waals surface area contributed by atoms with Crippen molar-refractivity contribution < 1.29 is 9.63 Å². The molecule has 0 amide bonds. The molecule has 1 N–H and O–H groups in total. The highest BCUT2D eigenvalue weighted by Gasteiger charge is 2.30. The van der Waals surface area contributed by atoms with E-state index in [1.54, 1.807) is 29.7 Å². The molecule has 3 rings (SSSR count). The number of hydrogen-bond acceptors (Lipinski definition) is 4. The molecule has 1 aliphatic heterocycles. The van der Waals surface area contributed by atoms with Gasteiger partial charge in [-0.1, -0.05) is 18.2 Å². The van der Waals surface area contributed by atoms with E-state index in [1.165, 1.54) is 0 Å². The number of nitrogens with one attached hydrogen (secondary N) is 1. The lowest BCUT2D eigenvalue weighted by Gasteiger charge is -2.21. The van der Waals surface area contributed by atoms with E-state index in [0.717, 1.165) is 25.1 Å². The Hall–Kier alpha value is -2.14. The molecule has 0 saturated carbocycles. The number of H-pyrrole nitrogens is 1. The van der Waals surface area contributed by atoms with Crippen LogP contribution >= 0.6 is 0 Å². The van der Waals surface area contributed by atoms with Crippen molar-refractivity contribution in [3.8, 4) is 0 Å². The average Bonchev–Trinajstić information content (AvgIpc) is 3.10. The molecular weight excluding hydrogens is 242 g/mol. The van der Waals surface area contributed by atoms with Crippen LogP contribution < -0.4 is 0 Å². The molecule has 1 aromatic heterocycles. The van der Waals surface area contributed by atoms with E-state index >= 15 is 0 Å². The summed E-state index contributed by atoms with van der Waals surface area (Å²) in [6.45, 7) is 0.752. The Balaban J connectivity index is 1.71. The molecule has 1 aromatic carbocycles. The monoisotopic (exact) mass is 257 g/mol. The fourth-order valence-corrected chi connectivity index (χ4v) is 2.34. The summed E-state index contributed by atoms with van der Waals surface area (Å²) in [6.07, 6.45) is 5.39. The summed E-state index contributed by atoms with van der Waals surface area (Å²) in [4.78, 5) is 24.6. The zero-order valence-electron chi connectivity index (χ0n) is 10.5. The number of rotatable bonds is 3. The minimum absolute atomic E-state index is 0.0789. The molecule has 5 heteroatoms. The number of benzene rings is 1. The highest BCUT2D eigenvalue weighted by molar-refractivity contribution is 5.89. The van der Waals surface area contributed by atoms with Crippen molar-refractivity contribution >= 4 is 5.97 Å². The van der Waals surface area contributed by atoms with Crippen molar-refractivity contribution in [2.45, 2.75) is 18.9 Å². The van der Waals surface area contributed by atoms with Crippen LogP contribution in [0.4, 0.5) is 0 Å². The van der Waals surface area contributed by atoms with Crippen molar-refractivity contribution in [2.75, 3.05) is 6.54 Å². The summed E-state index contributed by atoms with van der Waals surface area (Å²) in [5, 5.41) is 1.74. The first-order valence-electron chi connectivity index (χ1n) is 6.37. The second-order valence-electron chi connectivity index (χ2n) is 4.55. The van der Waals surface area contributed by atoms with Gasteiger partial charge in [-0.2, -0.15) is 0 Å². The van der Waals surface area contributed by atoms with E-state index in [9.17, 15) is 4.79 Å². The van der Waals surface area contributed by atoms with E-state index < -0.39 is 0 Å². The predicted molar refractivity (Wildman–Crippen MR) is 69.1 cm³/mol. The molecule has 1 fully saturated rings. The van der Waals surface area contributed by atoms with E-state index in [-0.39, 0.29) is 12.0 Å². The second kappa shape index (κ2) is 5.24. The van der Waals surface area contributed by atoms with Crippen LogP contribution in [0.3, 0.4) is 0 Å². The number of hydrogen-bond donors (Lipinski definition) is 1. The van der Waals surface area contributed by atoms with Crippen LogP contribution in [0.5, 0.6) is 0 Å². The van der Waals surface area contributed by atoms with Gasteiger partial charge in [0.25, 0.3) is 0 Å². The van der Waals surface area contributed by atoms with Crippen molar-refractivity contribution in [1.82, 2.24) is 15.0 Å². The van der Waals surface area contributed by atoms with Crippen LogP contribution in [0.1, 0.15) is 34.9 Å². The summed E-state index contributed by atoms with van der Waals surface area (Å²) in [7, 11) is 0. The Bertz CT molecular complexity index is 539. The summed E-state index contributed by atoms with van der Waals surface area (Å²) in [5.74, 6) is -0.313. The van der Waals surface area contributed by atoms with Crippen LogP contribution in [-0.2, 0) is 4.84 Å². The molecule has 98 valence electrons. The number of carbonyl (C=O) groups excluding carboxylic acids is 1. The van der Waals surface area contributed by atoms with Crippen LogP contribution in [0.25, 0.3) is 0 Å². The Morgan fingerprint density at radius 2 is 2.21 bits per heavy atom. The third-order valence-electron chi connectivity index (χ3n) is 3.29. The summed E-state index contributed by atoms with van der Waals surface area (Å²) in [5.41, 5.74) is 1.55. The highest BCUT2D eigenvalue weighted by Crippen LogP contribution is 2.30. The molecule has 1 saturated heterocycles. The van der Waals surface area contributed by atoms with Crippen molar-refractivity contribution in [1.29, 1.82) is 0 Å². The lowest BCUT2D eigenvalue weighted by molar-refractivity contribution is -0.121. The summed E-state index contributed by atoms with van der Waals surface area (Å²) >= 11 is 0. The van der Waals surface area contributed by atoms with Gasteiger partial charge in [-0.3, -0.25) is 0 Å². The minimum atomic E-state index is -0.313. The van der Waals surface area contributed by atoms with Gasteiger partial charge in [0.2, 0.25) is 0 Å².